The van der Waals surface area contributed by atoms with Gasteiger partial charge in [-0.05, 0) is 24.8 Å². The molecule has 0 aliphatic heterocycles. The number of rotatable bonds is 6. The Bertz CT molecular complexity index is 900. The highest BCUT2D eigenvalue weighted by molar-refractivity contribution is 7.99. The van der Waals surface area contributed by atoms with E-state index in [1.807, 2.05) is 7.05 Å². The zero-order chi connectivity index (χ0) is 17.8. The van der Waals surface area contributed by atoms with Gasteiger partial charge in [0.25, 0.3) is 0 Å². The fourth-order valence-corrected chi connectivity index (χ4v) is 2.94. The van der Waals surface area contributed by atoms with Crippen LogP contribution in [0.2, 0.25) is 0 Å². The van der Waals surface area contributed by atoms with Gasteiger partial charge in [0.05, 0.1) is 17.7 Å². The third-order valence-electron chi connectivity index (χ3n) is 3.26. The summed E-state index contributed by atoms with van der Waals surface area (Å²) in [4.78, 5) is 19.6. The van der Waals surface area contributed by atoms with E-state index in [9.17, 15) is 10.1 Å². The molecule has 0 saturated carbocycles. The van der Waals surface area contributed by atoms with Crippen LogP contribution < -0.4 is 4.74 Å². The van der Waals surface area contributed by atoms with Gasteiger partial charge in [-0.2, -0.15) is 0 Å². The van der Waals surface area contributed by atoms with Crippen molar-refractivity contribution < 1.29 is 9.66 Å². The third kappa shape index (κ3) is 3.58. The maximum atomic E-state index is 11.1. The molecule has 0 N–H and O–H groups in total. The van der Waals surface area contributed by atoms with Crippen molar-refractivity contribution in [3.05, 3.63) is 46.9 Å². The maximum Gasteiger partial charge on any atom is 0.310 e. The molecule has 0 bridgehead atoms. The van der Waals surface area contributed by atoms with Crippen molar-refractivity contribution >= 4 is 17.4 Å². The summed E-state index contributed by atoms with van der Waals surface area (Å²) in [7, 11) is 1.82. The van der Waals surface area contributed by atoms with Gasteiger partial charge in [-0.15, -0.1) is 10.2 Å². The fraction of sp³-hybridized carbons (Fsp3) is 0.200. The first kappa shape index (κ1) is 16.8. The molecule has 9 nitrogen and oxygen atoms in total. The monoisotopic (exact) mass is 358 g/mol. The predicted octanol–water partition coefficient (Wildman–Crippen LogP) is 2.73. The molecule has 3 aromatic rings. The number of nitrogens with zero attached hydrogens (tertiary/aromatic N) is 6. The van der Waals surface area contributed by atoms with Crippen LogP contribution in [0.4, 0.5) is 5.69 Å². The minimum absolute atomic E-state index is 0.0654. The summed E-state index contributed by atoms with van der Waals surface area (Å²) in [5, 5.41) is 20.0. The summed E-state index contributed by atoms with van der Waals surface area (Å²) in [6.45, 7) is 2.12. The Labute approximate surface area is 147 Å². The number of benzene rings is 1. The summed E-state index contributed by atoms with van der Waals surface area (Å²) in [6, 6.07) is 4.71. The molecule has 2 heterocycles. The van der Waals surface area contributed by atoms with Gasteiger partial charge in [0.2, 0.25) is 0 Å². The summed E-state index contributed by atoms with van der Waals surface area (Å²) in [5.41, 5.74) is 0.549. The van der Waals surface area contributed by atoms with E-state index in [4.69, 9.17) is 4.74 Å². The highest BCUT2D eigenvalue weighted by Crippen LogP contribution is 2.35. The Morgan fingerprint density at radius 2 is 2.16 bits per heavy atom. The Morgan fingerprint density at radius 3 is 2.84 bits per heavy atom. The second-order valence-electron chi connectivity index (χ2n) is 4.88. The topological polar surface area (TPSA) is 109 Å². The second kappa shape index (κ2) is 7.26. The molecule has 0 aliphatic carbocycles. The highest BCUT2D eigenvalue weighted by atomic mass is 32.2. The van der Waals surface area contributed by atoms with E-state index in [1.54, 1.807) is 42.2 Å². The predicted molar refractivity (Wildman–Crippen MR) is 90.4 cm³/mol. The van der Waals surface area contributed by atoms with Crippen molar-refractivity contribution in [1.29, 1.82) is 0 Å². The van der Waals surface area contributed by atoms with E-state index in [0.717, 1.165) is 4.90 Å². The zero-order valence-electron chi connectivity index (χ0n) is 13.5. The first-order chi connectivity index (χ1) is 12.1. The molecule has 1 aromatic carbocycles. The molecule has 0 amide bonds. The van der Waals surface area contributed by atoms with E-state index < -0.39 is 4.92 Å². The molecular weight excluding hydrogens is 344 g/mol. The zero-order valence-corrected chi connectivity index (χ0v) is 14.3. The molecule has 128 valence electrons. The number of nitro groups is 1. The normalized spacial score (nSPS) is 10.6. The van der Waals surface area contributed by atoms with E-state index >= 15 is 0 Å². The molecular formula is C15H14N6O3S. The maximum absolute atomic E-state index is 11.1. The summed E-state index contributed by atoms with van der Waals surface area (Å²) in [5.74, 6) is 0.816. The Balaban J connectivity index is 1.89. The fourth-order valence-electron chi connectivity index (χ4n) is 2.13. The van der Waals surface area contributed by atoms with Crippen molar-refractivity contribution in [2.75, 3.05) is 6.61 Å². The minimum Gasteiger partial charge on any atom is -0.487 e. The first-order valence-electron chi connectivity index (χ1n) is 7.35. The third-order valence-corrected chi connectivity index (χ3v) is 4.29. The molecule has 0 aliphatic rings. The molecule has 0 unspecified atom stereocenters. The van der Waals surface area contributed by atoms with Crippen molar-refractivity contribution in [1.82, 2.24) is 24.7 Å². The average molecular weight is 358 g/mol. The van der Waals surface area contributed by atoms with E-state index in [0.29, 0.717) is 23.3 Å². The van der Waals surface area contributed by atoms with Gasteiger partial charge in [-0.1, -0.05) is 0 Å². The average Bonchev–Trinajstić information content (AvgIpc) is 2.97. The van der Waals surface area contributed by atoms with E-state index in [2.05, 4.69) is 20.2 Å². The largest absolute Gasteiger partial charge is 0.487 e. The molecule has 10 heteroatoms. The Morgan fingerprint density at radius 1 is 1.32 bits per heavy atom. The second-order valence-corrected chi connectivity index (χ2v) is 5.92. The lowest BCUT2D eigenvalue weighted by atomic mass is 10.3. The van der Waals surface area contributed by atoms with Crippen molar-refractivity contribution in [2.45, 2.75) is 17.0 Å². The summed E-state index contributed by atoms with van der Waals surface area (Å²) >= 11 is 1.33. The quantitative estimate of drug-likeness (QED) is 0.489. The number of hydrogen-bond acceptors (Lipinski definition) is 8. The van der Waals surface area contributed by atoms with Crippen LogP contribution in [0.5, 0.6) is 5.75 Å². The van der Waals surface area contributed by atoms with Crippen LogP contribution in [0.15, 0.2) is 46.8 Å². The summed E-state index contributed by atoms with van der Waals surface area (Å²) in [6.07, 6.45) is 4.78. The van der Waals surface area contributed by atoms with Crippen LogP contribution in [0, 0.1) is 10.1 Å². The van der Waals surface area contributed by atoms with Crippen molar-refractivity contribution in [3.63, 3.8) is 0 Å². The minimum atomic E-state index is -0.464. The van der Waals surface area contributed by atoms with Crippen molar-refractivity contribution in [3.8, 4) is 17.3 Å². The van der Waals surface area contributed by atoms with Crippen LogP contribution in [-0.2, 0) is 7.05 Å². The van der Waals surface area contributed by atoms with Crippen LogP contribution in [0.3, 0.4) is 0 Å². The first-order valence-corrected chi connectivity index (χ1v) is 8.16. The lowest BCUT2D eigenvalue weighted by Gasteiger charge is -2.07. The van der Waals surface area contributed by atoms with Gasteiger partial charge in [0.1, 0.15) is 5.69 Å². The van der Waals surface area contributed by atoms with Crippen LogP contribution in [0.25, 0.3) is 11.5 Å². The summed E-state index contributed by atoms with van der Waals surface area (Å²) < 4.78 is 7.15. The molecule has 0 fully saturated rings. The smallest absolute Gasteiger partial charge is 0.310 e. The molecule has 25 heavy (non-hydrogen) atoms. The standard InChI is InChI=1S/C15H14N6O3S/c1-3-24-13-8-10(4-5-12(13)21(22)23)25-15-19-18-14(20(15)2)11-9-16-6-7-17-11/h4-9H,3H2,1-2H3. The number of hydrogen-bond donors (Lipinski definition) is 0. The molecule has 0 atom stereocenters. The van der Waals surface area contributed by atoms with Crippen molar-refractivity contribution in [2.24, 2.45) is 7.05 Å². The SMILES string of the molecule is CCOc1cc(Sc2nnc(-c3cnccn3)n2C)ccc1[N+](=O)[O-]. The number of aromatic nitrogens is 5. The lowest BCUT2D eigenvalue weighted by Crippen LogP contribution is -1.98. The van der Waals surface area contributed by atoms with Gasteiger partial charge < -0.3 is 9.30 Å². The Kier molecular flexibility index (Phi) is 4.89. The van der Waals surface area contributed by atoms with E-state index in [1.165, 1.54) is 17.8 Å². The molecule has 3 rings (SSSR count). The van der Waals surface area contributed by atoms with Crippen LogP contribution in [0.1, 0.15) is 6.92 Å². The number of ether oxygens (including phenoxy) is 1. The van der Waals surface area contributed by atoms with Gasteiger partial charge in [-0.25, -0.2) is 4.98 Å². The lowest BCUT2D eigenvalue weighted by molar-refractivity contribution is -0.385. The Hall–Kier alpha value is -3.01. The molecule has 0 saturated heterocycles. The van der Waals surface area contributed by atoms with Gasteiger partial charge in [0, 0.05) is 36.5 Å². The van der Waals surface area contributed by atoms with Gasteiger partial charge in [0.15, 0.2) is 16.7 Å². The van der Waals surface area contributed by atoms with Gasteiger partial charge >= 0.3 is 5.69 Å². The molecule has 2 aromatic heterocycles. The van der Waals surface area contributed by atoms with E-state index in [-0.39, 0.29) is 11.4 Å². The molecule has 0 radical (unpaired) electrons. The molecule has 0 spiro atoms. The highest BCUT2D eigenvalue weighted by Gasteiger charge is 2.18. The van der Waals surface area contributed by atoms with Gasteiger partial charge in [-0.3, -0.25) is 15.1 Å². The van der Waals surface area contributed by atoms with Crippen LogP contribution in [-0.4, -0.2) is 36.3 Å². The van der Waals surface area contributed by atoms with Crippen LogP contribution >= 0.6 is 11.8 Å². The number of nitro benzene ring substituents is 1.